The summed E-state index contributed by atoms with van der Waals surface area (Å²) < 4.78 is 5.79. The van der Waals surface area contributed by atoms with E-state index in [2.05, 4.69) is 10.3 Å². The number of nitrogens with zero attached hydrogens (tertiary/aromatic N) is 2. The fourth-order valence-electron chi connectivity index (χ4n) is 3.03. The van der Waals surface area contributed by atoms with Crippen LogP contribution in [-0.2, 0) is 11.3 Å². The summed E-state index contributed by atoms with van der Waals surface area (Å²) in [5.41, 5.74) is 4.28. The molecule has 2 atom stereocenters. The molecule has 0 radical (unpaired) electrons. The molecule has 1 aromatic carbocycles. The number of morpholine rings is 1. The summed E-state index contributed by atoms with van der Waals surface area (Å²) in [5.74, 6) is 5.49. The lowest BCUT2D eigenvalue weighted by Gasteiger charge is -2.32. The van der Waals surface area contributed by atoms with E-state index >= 15 is 0 Å². The molecule has 20 heavy (non-hydrogen) atoms. The zero-order valence-corrected chi connectivity index (χ0v) is 11.1. The number of hydrogen-bond donors (Lipinski definition) is 2. The van der Waals surface area contributed by atoms with Crippen LogP contribution >= 0.6 is 0 Å². The van der Waals surface area contributed by atoms with Gasteiger partial charge < -0.3 is 10.2 Å². The number of hydrazine groups is 1. The van der Waals surface area contributed by atoms with Gasteiger partial charge in [0.25, 0.3) is 5.69 Å². The van der Waals surface area contributed by atoms with Crippen molar-refractivity contribution in [2.24, 2.45) is 5.84 Å². The minimum absolute atomic E-state index is 0.0928. The molecule has 108 valence electrons. The van der Waals surface area contributed by atoms with Gasteiger partial charge in [0.2, 0.25) is 0 Å². The molecular weight excluding hydrogens is 260 g/mol. The van der Waals surface area contributed by atoms with Gasteiger partial charge in [-0.15, -0.1) is 0 Å². The van der Waals surface area contributed by atoms with E-state index in [1.165, 1.54) is 6.07 Å². The number of nitrogens with one attached hydrogen (secondary N) is 1. The molecule has 7 nitrogen and oxygen atoms in total. The van der Waals surface area contributed by atoms with Gasteiger partial charge in [-0.1, -0.05) is 0 Å². The van der Waals surface area contributed by atoms with Crippen molar-refractivity contribution in [1.29, 1.82) is 0 Å². The number of fused-ring (bicyclic) bond motifs is 2. The molecule has 2 aliphatic rings. The summed E-state index contributed by atoms with van der Waals surface area (Å²) in [7, 11) is 0. The zero-order chi connectivity index (χ0) is 14.1. The van der Waals surface area contributed by atoms with E-state index in [9.17, 15) is 10.1 Å². The summed E-state index contributed by atoms with van der Waals surface area (Å²) in [5, 5.41) is 10.9. The second-order valence-corrected chi connectivity index (χ2v) is 5.39. The first kappa shape index (κ1) is 13.3. The molecule has 2 bridgehead atoms. The first-order valence-electron chi connectivity index (χ1n) is 6.77. The van der Waals surface area contributed by atoms with E-state index in [1.54, 1.807) is 12.1 Å². The highest BCUT2D eigenvalue weighted by atomic mass is 16.6. The molecule has 3 rings (SSSR count). The normalized spacial score (nSPS) is 25.6. The molecule has 3 N–H and O–H groups in total. The van der Waals surface area contributed by atoms with Crippen LogP contribution in [0.2, 0.25) is 0 Å². The molecule has 2 unspecified atom stereocenters. The Balaban J connectivity index is 1.78. The van der Waals surface area contributed by atoms with Gasteiger partial charge >= 0.3 is 0 Å². The van der Waals surface area contributed by atoms with Crippen molar-refractivity contribution >= 4 is 11.4 Å². The highest BCUT2D eigenvalue weighted by Gasteiger charge is 2.33. The number of nitro benzene ring substituents is 1. The van der Waals surface area contributed by atoms with Crippen LogP contribution in [0, 0.1) is 10.1 Å². The number of non-ortho nitro benzene ring substituents is 1. The largest absolute Gasteiger partial charge is 0.372 e. The Morgan fingerprint density at radius 1 is 1.40 bits per heavy atom. The van der Waals surface area contributed by atoms with Gasteiger partial charge in [-0.2, -0.15) is 0 Å². The second kappa shape index (κ2) is 5.35. The Morgan fingerprint density at radius 2 is 2.10 bits per heavy atom. The molecule has 0 spiro atoms. The number of hydrogen-bond acceptors (Lipinski definition) is 6. The van der Waals surface area contributed by atoms with E-state index in [4.69, 9.17) is 10.6 Å². The van der Waals surface area contributed by atoms with Gasteiger partial charge in [0.1, 0.15) is 0 Å². The third kappa shape index (κ3) is 2.60. The minimum atomic E-state index is -0.382. The van der Waals surface area contributed by atoms with Gasteiger partial charge in [0.15, 0.2) is 0 Å². The third-order valence-electron chi connectivity index (χ3n) is 3.97. The SMILES string of the molecule is NNc1ccc([N+](=O)[O-])cc1CN1CC2CCC(C1)O2. The number of ether oxygens (including phenoxy) is 1. The number of nitrogens with two attached hydrogens (primary N) is 1. The molecule has 0 amide bonds. The molecule has 2 fully saturated rings. The first-order valence-corrected chi connectivity index (χ1v) is 6.77. The topological polar surface area (TPSA) is 93.7 Å². The lowest BCUT2D eigenvalue weighted by molar-refractivity contribution is -0.384. The lowest BCUT2D eigenvalue weighted by atomic mass is 10.1. The van der Waals surface area contributed by atoms with Crippen LogP contribution in [-0.4, -0.2) is 35.1 Å². The number of nitro groups is 1. The zero-order valence-electron chi connectivity index (χ0n) is 11.1. The van der Waals surface area contributed by atoms with E-state index in [0.29, 0.717) is 18.8 Å². The number of benzene rings is 1. The van der Waals surface area contributed by atoms with E-state index in [0.717, 1.165) is 37.2 Å². The summed E-state index contributed by atoms with van der Waals surface area (Å²) in [6.45, 7) is 2.41. The molecule has 0 saturated carbocycles. The van der Waals surface area contributed by atoms with Crippen molar-refractivity contribution in [3.63, 3.8) is 0 Å². The molecule has 0 aliphatic carbocycles. The highest BCUT2D eigenvalue weighted by molar-refractivity contribution is 5.55. The lowest BCUT2D eigenvalue weighted by Crippen LogP contribution is -2.42. The standard InChI is InChI=1S/C13H18N4O3/c14-15-13-4-1-10(17(18)19)5-9(13)6-16-7-11-2-3-12(8-16)20-11/h1,4-5,11-12,15H,2-3,6-8,14H2. The van der Waals surface area contributed by atoms with Crippen LogP contribution in [0.1, 0.15) is 18.4 Å². The summed E-state index contributed by atoms with van der Waals surface area (Å²) in [6, 6.07) is 4.71. The van der Waals surface area contributed by atoms with Crippen LogP contribution in [0.3, 0.4) is 0 Å². The van der Waals surface area contributed by atoms with Gasteiger partial charge in [-0.25, -0.2) is 0 Å². The van der Waals surface area contributed by atoms with Crippen molar-refractivity contribution in [1.82, 2.24) is 4.90 Å². The molecular formula is C13H18N4O3. The summed E-state index contributed by atoms with van der Waals surface area (Å²) in [4.78, 5) is 12.8. The number of anilines is 1. The molecule has 2 aliphatic heterocycles. The molecule has 7 heteroatoms. The predicted molar refractivity (Wildman–Crippen MR) is 74.1 cm³/mol. The number of rotatable bonds is 4. The van der Waals surface area contributed by atoms with Crippen molar-refractivity contribution < 1.29 is 9.66 Å². The third-order valence-corrected chi connectivity index (χ3v) is 3.97. The van der Waals surface area contributed by atoms with Crippen LogP contribution in [0.4, 0.5) is 11.4 Å². The van der Waals surface area contributed by atoms with Crippen molar-refractivity contribution in [2.75, 3.05) is 18.5 Å². The van der Waals surface area contributed by atoms with Gasteiger partial charge in [0.05, 0.1) is 22.8 Å². The van der Waals surface area contributed by atoms with Crippen LogP contribution in [0.25, 0.3) is 0 Å². The van der Waals surface area contributed by atoms with Crippen molar-refractivity contribution in [3.8, 4) is 0 Å². The second-order valence-electron chi connectivity index (χ2n) is 5.39. The minimum Gasteiger partial charge on any atom is -0.372 e. The average molecular weight is 278 g/mol. The van der Waals surface area contributed by atoms with Crippen LogP contribution in [0.15, 0.2) is 18.2 Å². The Labute approximate surface area is 116 Å². The van der Waals surface area contributed by atoms with E-state index < -0.39 is 0 Å². The number of likely N-dealkylation sites (tertiary alicyclic amines) is 1. The van der Waals surface area contributed by atoms with Gasteiger partial charge in [-0.3, -0.25) is 20.9 Å². The summed E-state index contributed by atoms with van der Waals surface area (Å²) in [6.07, 6.45) is 2.83. The molecule has 2 heterocycles. The van der Waals surface area contributed by atoms with Crippen molar-refractivity contribution in [3.05, 3.63) is 33.9 Å². The maximum atomic E-state index is 10.9. The molecule has 0 aromatic heterocycles. The smallest absolute Gasteiger partial charge is 0.269 e. The Bertz CT molecular complexity index is 510. The Hall–Kier alpha value is -1.70. The van der Waals surface area contributed by atoms with Crippen molar-refractivity contribution in [2.45, 2.75) is 31.6 Å². The summed E-state index contributed by atoms with van der Waals surface area (Å²) >= 11 is 0. The fourth-order valence-corrected chi connectivity index (χ4v) is 3.03. The van der Waals surface area contributed by atoms with Crippen LogP contribution in [0.5, 0.6) is 0 Å². The maximum Gasteiger partial charge on any atom is 0.269 e. The van der Waals surface area contributed by atoms with Gasteiger partial charge in [-0.05, 0) is 24.5 Å². The molecule has 2 saturated heterocycles. The van der Waals surface area contributed by atoms with Crippen LogP contribution < -0.4 is 11.3 Å². The first-order chi connectivity index (χ1) is 9.65. The average Bonchev–Trinajstić information content (AvgIpc) is 2.78. The Kier molecular flexibility index (Phi) is 3.56. The predicted octanol–water partition coefficient (Wildman–Crippen LogP) is 1.24. The monoisotopic (exact) mass is 278 g/mol. The number of nitrogen functional groups attached to an aromatic ring is 1. The quantitative estimate of drug-likeness (QED) is 0.489. The maximum absolute atomic E-state index is 10.9. The van der Waals surface area contributed by atoms with Gasteiger partial charge in [0, 0.05) is 31.8 Å². The Morgan fingerprint density at radius 3 is 2.70 bits per heavy atom. The molecule has 1 aromatic rings. The fraction of sp³-hybridized carbons (Fsp3) is 0.538. The van der Waals surface area contributed by atoms with E-state index in [-0.39, 0.29) is 10.6 Å². The highest BCUT2D eigenvalue weighted by Crippen LogP contribution is 2.29. The van der Waals surface area contributed by atoms with E-state index in [1.807, 2.05) is 0 Å².